The molecule has 1 radical (unpaired) electrons. The molecule has 0 aliphatic carbocycles. The van der Waals surface area contributed by atoms with Gasteiger partial charge in [-0.2, -0.15) is 0 Å². The summed E-state index contributed by atoms with van der Waals surface area (Å²) in [5.74, 6) is 1.02. The average Bonchev–Trinajstić information content (AvgIpc) is 2.47. The van der Waals surface area contributed by atoms with Crippen LogP contribution in [0.3, 0.4) is 0 Å². The normalized spacial score (nSPS) is 12.8. The van der Waals surface area contributed by atoms with Crippen LogP contribution >= 0.6 is 0 Å². The minimum atomic E-state index is 1.02. The summed E-state index contributed by atoms with van der Waals surface area (Å²) >= 11 is 0. The quantitative estimate of drug-likeness (QED) is 0.254. The number of rotatable bonds is 16. The topological polar surface area (TPSA) is 0 Å². The van der Waals surface area contributed by atoms with Crippen LogP contribution < -0.4 is 0 Å². The van der Waals surface area contributed by atoms with E-state index in [9.17, 15) is 0 Å². The van der Waals surface area contributed by atoms with Crippen molar-refractivity contribution in [3.8, 4) is 0 Å². The van der Waals surface area contributed by atoms with Crippen molar-refractivity contribution in [2.75, 3.05) is 0 Å². The van der Waals surface area contributed by atoms with Gasteiger partial charge in [0.05, 0.1) is 0 Å². The molecule has 0 aliphatic heterocycles. The van der Waals surface area contributed by atoms with Gasteiger partial charge < -0.3 is 0 Å². The van der Waals surface area contributed by atoms with E-state index in [1.165, 1.54) is 96.3 Å². The van der Waals surface area contributed by atoms with Gasteiger partial charge >= 0.3 is 0 Å². The standard InChI is InChI=1S/C20H41/c1-4-7-9-11-12-13-14-15-17-19-20(6-3)18-16-10-8-5-2/h20H,1,4-19H2,2-3H3. The Bertz CT molecular complexity index is 161. The lowest BCUT2D eigenvalue weighted by Gasteiger charge is -2.14. The van der Waals surface area contributed by atoms with E-state index in [1.54, 1.807) is 0 Å². The van der Waals surface area contributed by atoms with Gasteiger partial charge in [0.1, 0.15) is 0 Å². The molecule has 0 nitrogen and oxygen atoms in total. The summed E-state index contributed by atoms with van der Waals surface area (Å²) in [7, 11) is 0. The average molecular weight is 282 g/mol. The van der Waals surface area contributed by atoms with Crippen molar-refractivity contribution in [1.82, 2.24) is 0 Å². The van der Waals surface area contributed by atoms with Crippen LogP contribution in [0.15, 0.2) is 0 Å². The lowest BCUT2D eigenvalue weighted by Crippen LogP contribution is -1.99. The molecule has 0 fully saturated rings. The Morgan fingerprint density at radius 2 is 1.05 bits per heavy atom. The molecule has 0 aromatic heterocycles. The van der Waals surface area contributed by atoms with Crippen molar-refractivity contribution in [2.45, 2.75) is 117 Å². The van der Waals surface area contributed by atoms with Crippen LogP contribution in [-0.4, -0.2) is 0 Å². The summed E-state index contributed by atoms with van der Waals surface area (Å²) in [6.07, 6.45) is 22.7. The van der Waals surface area contributed by atoms with E-state index in [-0.39, 0.29) is 0 Å². The summed E-state index contributed by atoms with van der Waals surface area (Å²) in [5, 5.41) is 0. The zero-order valence-electron chi connectivity index (χ0n) is 14.6. The largest absolute Gasteiger partial charge is 0.0654 e. The molecular formula is C20H41. The second-order valence-electron chi connectivity index (χ2n) is 6.59. The van der Waals surface area contributed by atoms with Crippen molar-refractivity contribution in [3.05, 3.63) is 6.92 Å². The second-order valence-corrected chi connectivity index (χ2v) is 6.59. The van der Waals surface area contributed by atoms with E-state index in [0.717, 1.165) is 12.3 Å². The molecule has 0 saturated carbocycles. The first-order chi connectivity index (χ1) is 9.85. The highest BCUT2D eigenvalue weighted by molar-refractivity contribution is 4.59. The highest BCUT2D eigenvalue weighted by atomic mass is 14.1. The van der Waals surface area contributed by atoms with Gasteiger partial charge in [-0.25, -0.2) is 0 Å². The van der Waals surface area contributed by atoms with Gasteiger partial charge in [-0.15, -0.1) is 0 Å². The molecule has 1 unspecified atom stereocenters. The Balaban J connectivity index is 3.24. The lowest BCUT2D eigenvalue weighted by atomic mass is 9.92. The van der Waals surface area contributed by atoms with Crippen LogP contribution in [0, 0.1) is 12.8 Å². The Kier molecular flexibility index (Phi) is 17.1. The predicted molar refractivity (Wildman–Crippen MR) is 94.1 cm³/mol. The number of hydrogen-bond acceptors (Lipinski definition) is 0. The summed E-state index contributed by atoms with van der Waals surface area (Å²) < 4.78 is 0. The van der Waals surface area contributed by atoms with Crippen LogP contribution in [0.25, 0.3) is 0 Å². The van der Waals surface area contributed by atoms with Crippen LogP contribution in [-0.2, 0) is 0 Å². The fraction of sp³-hybridized carbons (Fsp3) is 0.950. The summed E-state index contributed by atoms with van der Waals surface area (Å²) in [5.41, 5.74) is 0. The highest BCUT2D eigenvalue weighted by Crippen LogP contribution is 2.21. The van der Waals surface area contributed by atoms with Crippen molar-refractivity contribution in [1.29, 1.82) is 0 Å². The molecule has 0 spiro atoms. The predicted octanol–water partition coefficient (Wildman–Crippen LogP) is 7.72. The Morgan fingerprint density at radius 1 is 0.600 bits per heavy atom. The molecule has 0 saturated heterocycles. The van der Waals surface area contributed by atoms with Gasteiger partial charge in [0, 0.05) is 0 Å². The second kappa shape index (κ2) is 17.1. The highest BCUT2D eigenvalue weighted by Gasteiger charge is 2.05. The van der Waals surface area contributed by atoms with Crippen molar-refractivity contribution >= 4 is 0 Å². The minimum Gasteiger partial charge on any atom is -0.0654 e. The molecule has 121 valence electrons. The van der Waals surface area contributed by atoms with Crippen molar-refractivity contribution < 1.29 is 0 Å². The van der Waals surface area contributed by atoms with Gasteiger partial charge in [0.2, 0.25) is 0 Å². The molecule has 0 heteroatoms. The fourth-order valence-corrected chi connectivity index (χ4v) is 3.08. The third-order valence-corrected chi connectivity index (χ3v) is 4.66. The molecule has 0 aromatic rings. The SMILES string of the molecule is [CH2]CCCCCCCCCCC(CC)CCCCCC. The number of hydrogen-bond donors (Lipinski definition) is 0. The van der Waals surface area contributed by atoms with Crippen LogP contribution in [0.4, 0.5) is 0 Å². The molecule has 0 rings (SSSR count). The number of unbranched alkanes of at least 4 members (excludes halogenated alkanes) is 11. The molecule has 0 bridgehead atoms. The van der Waals surface area contributed by atoms with Gasteiger partial charge in [-0.1, -0.05) is 124 Å². The maximum atomic E-state index is 3.90. The summed E-state index contributed by atoms with van der Waals surface area (Å²) in [6.45, 7) is 8.58. The molecule has 0 heterocycles. The zero-order chi connectivity index (χ0) is 14.9. The Hall–Kier alpha value is 0. The summed E-state index contributed by atoms with van der Waals surface area (Å²) in [4.78, 5) is 0. The van der Waals surface area contributed by atoms with E-state index >= 15 is 0 Å². The van der Waals surface area contributed by atoms with Gasteiger partial charge in [-0.3, -0.25) is 0 Å². The molecule has 1 atom stereocenters. The fourth-order valence-electron chi connectivity index (χ4n) is 3.08. The van der Waals surface area contributed by atoms with E-state index in [0.29, 0.717) is 0 Å². The first-order valence-corrected chi connectivity index (χ1v) is 9.64. The summed E-state index contributed by atoms with van der Waals surface area (Å²) in [6, 6.07) is 0. The molecule has 0 aliphatic rings. The van der Waals surface area contributed by atoms with Crippen LogP contribution in [0.2, 0.25) is 0 Å². The van der Waals surface area contributed by atoms with Gasteiger partial charge in [0.25, 0.3) is 0 Å². The van der Waals surface area contributed by atoms with Crippen LogP contribution in [0.5, 0.6) is 0 Å². The zero-order valence-corrected chi connectivity index (χ0v) is 14.6. The molecule has 20 heavy (non-hydrogen) atoms. The maximum absolute atomic E-state index is 3.90. The minimum absolute atomic E-state index is 1.02. The molecular weight excluding hydrogens is 240 g/mol. The third-order valence-electron chi connectivity index (χ3n) is 4.66. The van der Waals surface area contributed by atoms with E-state index in [1.807, 2.05) is 0 Å². The maximum Gasteiger partial charge on any atom is -0.0417 e. The van der Waals surface area contributed by atoms with Gasteiger partial charge in [0.15, 0.2) is 0 Å². The van der Waals surface area contributed by atoms with E-state index < -0.39 is 0 Å². The Labute approximate surface area is 130 Å². The lowest BCUT2D eigenvalue weighted by molar-refractivity contribution is 0.394. The molecule has 0 amide bonds. The van der Waals surface area contributed by atoms with Crippen molar-refractivity contribution in [2.24, 2.45) is 5.92 Å². The monoisotopic (exact) mass is 281 g/mol. The molecule has 0 N–H and O–H groups in total. The third kappa shape index (κ3) is 14.4. The first-order valence-electron chi connectivity index (χ1n) is 9.64. The van der Waals surface area contributed by atoms with E-state index in [2.05, 4.69) is 20.8 Å². The smallest absolute Gasteiger partial charge is 0.0417 e. The Morgan fingerprint density at radius 3 is 1.50 bits per heavy atom. The first kappa shape index (κ1) is 20.0. The van der Waals surface area contributed by atoms with Crippen LogP contribution in [0.1, 0.15) is 117 Å². The molecule has 0 aromatic carbocycles. The van der Waals surface area contributed by atoms with Gasteiger partial charge in [-0.05, 0) is 5.92 Å². The van der Waals surface area contributed by atoms with E-state index in [4.69, 9.17) is 0 Å². The van der Waals surface area contributed by atoms with Crippen molar-refractivity contribution in [3.63, 3.8) is 0 Å².